The lowest BCUT2D eigenvalue weighted by Gasteiger charge is -2.22. The Morgan fingerprint density at radius 3 is 3.06 bits per heavy atom. The number of hydrogen-bond acceptors (Lipinski definition) is 4. The number of ether oxygens (including phenoxy) is 1. The molecule has 0 N–H and O–H groups in total. The Kier molecular flexibility index (Phi) is 4.83. The quantitative estimate of drug-likeness (QED) is 0.621. The van der Waals surface area contributed by atoms with Gasteiger partial charge in [-0.1, -0.05) is 11.8 Å². The van der Waals surface area contributed by atoms with Crippen molar-refractivity contribution < 1.29 is 4.74 Å². The van der Waals surface area contributed by atoms with Crippen molar-refractivity contribution in [2.24, 2.45) is 0 Å². The van der Waals surface area contributed by atoms with Crippen LogP contribution in [0, 0.1) is 0 Å². The Balaban J connectivity index is 2.03. The summed E-state index contributed by atoms with van der Waals surface area (Å²) in [5.74, 6) is 0.878. The Labute approximate surface area is 112 Å². The second-order valence-corrected chi connectivity index (χ2v) is 5.84. The fourth-order valence-electron chi connectivity index (χ4n) is 2.00. The molecule has 0 radical (unpaired) electrons. The summed E-state index contributed by atoms with van der Waals surface area (Å²) in [6.45, 7) is 5.05. The third-order valence-corrected chi connectivity index (χ3v) is 4.13. The van der Waals surface area contributed by atoms with Gasteiger partial charge in [0.1, 0.15) is 0 Å². The van der Waals surface area contributed by atoms with Gasteiger partial charge in [-0.3, -0.25) is 4.79 Å². The lowest BCUT2D eigenvalue weighted by atomic mass is 10.1. The maximum absolute atomic E-state index is 11.3. The van der Waals surface area contributed by atoms with Crippen LogP contribution in [-0.4, -0.2) is 28.0 Å². The average Bonchev–Trinajstić information content (AvgIpc) is 2.37. The van der Waals surface area contributed by atoms with Gasteiger partial charge in [0.2, 0.25) is 0 Å². The van der Waals surface area contributed by atoms with E-state index in [-0.39, 0.29) is 5.56 Å². The molecule has 0 aromatic carbocycles. The van der Waals surface area contributed by atoms with Gasteiger partial charge in [0.05, 0.1) is 6.10 Å². The summed E-state index contributed by atoms with van der Waals surface area (Å²) in [4.78, 5) is 15.4. The Morgan fingerprint density at radius 2 is 2.39 bits per heavy atom. The van der Waals surface area contributed by atoms with E-state index in [1.807, 2.05) is 10.8 Å². The zero-order chi connectivity index (χ0) is 13.0. The monoisotopic (exact) mass is 268 g/mol. The zero-order valence-corrected chi connectivity index (χ0v) is 11.8. The number of rotatable bonds is 4. The first kappa shape index (κ1) is 13.6. The van der Waals surface area contributed by atoms with Crippen molar-refractivity contribution in [2.75, 3.05) is 12.4 Å². The molecule has 0 amide bonds. The van der Waals surface area contributed by atoms with E-state index in [1.54, 1.807) is 11.8 Å². The van der Waals surface area contributed by atoms with Gasteiger partial charge in [0.15, 0.2) is 5.16 Å². The van der Waals surface area contributed by atoms with E-state index in [1.165, 1.54) is 18.9 Å². The number of nitrogens with zero attached hydrogens (tertiary/aromatic N) is 2. The van der Waals surface area contributed by atoms with E-state index in [9.17, 15) is 4.79 Å². The molecule has 1 aromatic heterocycles. The third-order valence-electron chi connectivity index (χ3n) is 3.03. The molecule has 1 fully saturated rings. The maximum Gasteiger partial charge on any atom is 0.273 e. The standard InChI is InChI=1S/C13H20N2O2S/c1-10(2)15-7-6-12(16)14-13(15)18-9-11-5-3-4-8-17-11/h6-7,10-11H,3-5,8-9H2,1-2H3/t11-/m0/s1. The summed E-state index contributed by atoms with van der Waals surface area (Å²) in [6.07, 6.45) is 5.66. The zero-order valence-electron chi connectivity index (χ0n) is 11.0. The minimum atomic E-state index is -0.168. The third kappa shape index (κ3) is 3.59. The SMILES string of the molecule is CC(C)n1ccc(=O)nc1SC[C@@H]1CCCCO1. The van der Waals surface area contributed by atoms with Crippen molar-refractivity contribution in [3.8, 4) is 0 Å². The normalized spacial score (nSPS) is 20.3. The summed E-state index contributed by atoms with van der Waals surface area (Å²) in [5, 5.41) is 0.798. The minimum absolute atomic E-state index is 0.168. The first-order chi connectivity index (χ1) is 8.66. The molecule has 0 aliphatic carbocycles. The average molecular weight is 268 g/mol. The van der Waals surface area contributed by atoms with Crippen molar-refractivity contribution in [3.63, 3.8) is 0 Å². The van der Waals surface area contributed by atoms with Crippen molar-refractivity contribution in [1.29, 1.82) is 0 Å². The minimum Gasteiger partial charge on any atom is -0.377 e. The molecular weight excluding hydrogens is 248 g/mol. The first-order valence-corrected chi connectivity index (χ1v) is 7.49. The lowest BCUT2D eigenvalue weighted by molar-refractivity contribution is 0.0315. The highest BCUT2D eigenvalue weighted by Crippen LogP contribution is 2.23. The first-order valence-electron chi connectivity index (χ1n) is 6.50. The van der Waals surface area contributed by atoms with Gasteiger partial charge in [0, 0.05) is 30.7 Å². The summed E-state index contributed by atoms with van der Waals surface area (Å²) in [6, 6.07) is 1.83. The smallest absolute Gasteiger partial charge is 0.273 e. The second-order valence-electron chi connectivity index (χ2n) is 4.85. The fraction of sp³-hybridized carbons (Fsp3) is 0.692. The van der Waals surface area contributed by atoms with E-state index in [0.717, 1.165) is 23.9 Å². The highest BCUT2D eigenvalue weighted by Gasteiger charge is 2.16. The Hall–Kier alpha value is -0.810. The number of hydrogen-bond donors (Lipinski definition) is 0. The molecule has 2 rings (SSSR count). The molecule has 1 atom stereocenters. The Morgan fingerprint density at radius 1 is 1.56 bits per heavy atom. The van der Waals surface area contributed by atoms with Crippen LogP contribution in [0.4, 0.5) is 0 Å². The molecule has 1 saturated heterocycles. The highest BCUT2D eigenvalue weighted by atomic mass is 32.2. The molecule has 1 aromatic rings. The largest absolute Gasteiger partial charge is 0.377 e. The summed E-state index contributed by atoms with van der Waals surface area (Å²) in [5.41, 5.74) is -0.168. The van der Waals surface area contributed by atoms with Gasteiger partial charge in [-0.2, -0.15) is 4.98 Å². The Bertz CT molecular complexity index is 439. The van der Waals surface area contributed by atoms with Crippen LogP contribution in [0.1, 0.15) is 39.2 Å². The summed E-state index contributed by atoms with van der Waals surface area (Å²) >= 11 is 1.62. The van der Waals surface area contributed by atoms with Crippen LogP contribution in [0.25, 0.3) is 0 Å². The molecule has 5 heteroatoms. The van der Waals surface area contributed by atoms with E-state index in [0.29, 0.717) is 12.1 Å². The van der Waals surface area contributed by atoms with E-state index in [4.69, 9.17) is 4.74 Å². The van der Waals surface area contributed by atoms with E-state index >= 15 is 0 Å². The molecule has 100 valence electrons. The molecule has 1 aliphatic heterocycles. The van der Waals surface area contributed by atoms with Gasteiger partial charge in [-0.25, -0.2) is 0 Å². The molecule has 1 aliphatic rings. The number of thioether (sulfide) groups is 1. The second kappa shape index (κ2) is 6.38. The van der Waals surface area contributed by atoms with Gasteiger partial charge in [-0.05, 0) is 33.1 Å². The summed E-state index contributed by atoms with van der Waals surface area (Å²) < 4.78 is 7.73. The van der Waals surface area contributed by atoms with E-state index in [2.05, 4.69) is 18.8 Å². The molecule has 0 spiro atoms. The predicted octanol–water partition coefficient (Wildman–Crippen LogP) is 2.49. The molecular formula is C13H20N2O2S. The fourth-order valence-corrected chi connectivity index (χ4v) is 3.18. The molecule has 0 saturated carbocycles. The van der Waals surface area contributed by atoms with Gasteiger partial charge in [0.25, 0.3) is 5.56 Å². The maximum atomic E-state index is 11.3. The topological polar surface area (TPSA) is 44.1 Å². The van der Waals surface area contributed by atoms with Crippen molar-refractivity contribution in [3.05, 3.63) is 22.6 Å². The molecule has 0 unspecified atom stereocenters. The van der Waals surface area contributed by atoms with Crippen LogP contribution in [0.3, 0.4) is 0 Å². The summed E-state index contributed by atoms with van der Waals surface area (Å²) in [7, 11) is 0. The number of aromatic nitrogens is 2. The van der Waals surface area contributed by atoms with Crippen LogP contribution in [-0.2, 0) is 4.74 Å². The van der Waals surface area contributed by atoms with Crippen molar-refractivity contribution in [2.45, 2.75) is 50.4 Å². The molecule has 4 nitrogen and oxygen atoms in total. The molecule has 0 bridgehead atoms. The van der Waals surface area contributed by atoms with Gasteiger partial charge < -0.3 is 9.30 Å². The highest BCUT2D eigenvalue weighted by molar-refractivity contribution is 7.99. The van der Waals surface area contributed by atoms with Crippen LogP contribution in [0.15, 0.2) is 22.2 Å². The van der Waals surface area contributed by atoms with Crippen molar-refractivity contribution >= 4 is 11.8 Å². The van der Waals surface area contributed by atoms with Crippen LogP contribution < -0.4 is 5.56 Å². The van der Waals surface area contributed by atoms with Crippen LogP contribution in [0.2, 0.25) is 0 Å². The lowest BCUT2D eigenvalue weighted by Crippen LogP contribution is -2.22. The van der Waals surface area contributed by atoms with Crippen molar-refractivity contribution in [1.82, 2.24) is 9.55 Å². The van der Waals surface area contributed by atoms with E-state index < -0.39 is 0 Å². The van der Waals surface area contributed by atoms with Gasteiger partial charge in [-0.15, -0.1) is 0 Å². The molecule has 18 heavy (non-hydrogen) atoms. The predicted molar refractivity (Wildman–Crippen MR) is 73.2 cm³/mol. The van der Waals surface area contributed by atoms with Gasteiger partial charge >= 0.3 is 0 Å². The van der Waals surface area contributed by atoms with Crippen LogP contribution in [0.5, 0.6) is 0 Å². The van der Waals surface area contributed by atoms with Crippen LogP contribution >= 0.6 is 11.8 Å². The molecule has 2 heterocycles.